The van der Waals surface area contributed by atoms with Gasteiger partial charge in [0.25, 0.3) is 10.0 Å². The van der Waals surface area contributed by atoms with Crippen LogP contribution in [0.1, 0.15) is 39.0 Å². The van der Waals surface area contributed by atoms with Crippen molar-refractivity contribution in [2.45, 2.75) is 44.9 Å². The molecule has 0 saturated carbocycles. The van der Waals surface area contributed by atoms with Crippen LogP contribution in [0, 0.1) is 5.92 Å². The topological polar surface area (TPSA) is 49.4 Å². The lowest BCUT2D eigenvalue weighted by molar-refractivity contribution is 0.362. The molecule has 116 valence electrons. The third kappa shape index (κ3) is 4.55. The van der Waals surface area contributed by atoms with Crippen LogP contribution in [-0.2, 0) is 16.6 Å². The van der Waals surface area contributed by atoms with Gasteiger partial charge in [-0.15, -0.1) is 11.3 Å². The highest BCUT2D eigenvalue weighted by atomic mass is 32.2. The van der Waals surface area contributed by atoms with Gasteiger partial charge in [0, 0.05) is 24.5 Å². The minimum Gasteiger partial charge on any atom is -0.312 e. The summed E-state index contributed by atoms with van der Waals surface area (Å²) in [6, 6.07) is 3.63. The molecule has 1 heterocycles. The number of thiophene rings is 1. The predicted molar refractivity (Wildman–Crippen MR) is 85.6 cm³/mol. The summed E-state index contributed by atoms with van der Waals surface area (Å²) in [5.74, 6) is 0.380. The maximum atomic E-state index is 12.6. The van der Waals surface area contributed by atoms with Crippen molar-refractivity contribution in [3.05, 3.63) is 17.0 Å². The van der Waals surface area contributed by atoms with Gasteiger partial charge >= 0.3 is 0 Å². The Hall–Kier alpha value is -0.430. The Balaban J connectivity index is 2.87. The van der Waals surface area contributed by atoms with Crippen LogP contribution in [0.3, 0.4) is 0 Å². The van der Waals surface area contributed by atoms with E-state index in [9.17, 15) is 8.42 Å². The van der Waals surface area contributed by atoms with Gasteiger partial charge in [0.1, 0.15) is 4.21 Å². The summed E-state index contributed by atoms with van der Waals surface area (Å²) >= 11 is 1.37. The van der Waals surface area contributed by atoms with E-state index in [1.54, 1.807) is 10.4 Å². The number of nitrogens with zero attached hydrogens (tertiary/aromatic N) is 1. The van der Waals surface area contributed by atoms with E-state index < -0.39 is 10.0 Å². The highest BCUT2D eigenvalue weighted by Gasteiger charge is 2.25. The second-order valence-electron chi connectivity index (χ2n) is 4.97. The highest BCUT2D eigenvalue weighted by molar-refractivity contribution is 7.91. The van der Waals surface area contributed by atoms with Crippen molar-refractivity contribution in [1.82, 2.24) is 9.62 Å². The molecular weight excluding hydrogens is 292 g/mol. The molecule has 1 aromatic rings. The fourth-order valence-electron chi connectivity index (χ4n) is 1.84. The van der Waals surface area contributed by atoms with Crippen LogP contribution in [0.4, 0.5) is 0 Å². The molecule has 0 radical (unpaired) electrons. The van der Waals surface area contributed by atoms with E-state index in [2.05, 4.69) is 19.2 Å². The third-order valence-electron chi connectivity index (χ3n) is 3.35. The molecule has 0 bridgehead atoms. The van der Waals surface area contributed by atoms with Gasteiger partial charge in [-0.1, -0.05) is 34.1 Å². The van der Waals surface area contributed by atoms with Crippen LogP contribution in [-0.4, -0.2) is 32.4 Å². The van der Waals surface area contributed by atoms with E-state index in [-0.39, 0.29) is 0 Å². The molecule has 6 heteroatoms. The lowest BCUT2D eigenvalue weighted by atomic mass is 10.1. The summed E-state index contributed by atoms with van der Waals surface area (Å²) in [5, 5.41) is 3.22. The average molecular weight is 319 g/mol. The number of hydrogen-bond acceptors (Lipinski definition) is 4. The standard InChI is InChI=1S/C14H26N2O2S2/c1-5-12(4)11-16(7-3)20(17,18)14-9-8-13(19-14)10-15-6-2/h8-9,12,15H,5-7,10-11H2,1-4H3. The maximum Gasteiger partial charge on any atom is 0.252 e. The molecule has 1 aromatic heterocycles. The zero-order valence-electron chi connectivity index (χ0n) is 12.8. The van der Waals surface area contributed by atoms with Gasteiger partial charge in [-0.3, -0.25) is 0 Å². The molecule has 1 rings (SSSR count). The molecule has 0 spiro atoms. The lowest BCUT2D eigenvalue weighted by Gasteiger charge is -2.22. The lowest BCUT2D eigenvalue weighted by Crippen LogP contribution is -2.34. The quantitative estimate of drug-likeness (QED) is 0.761. The molecule has 1 atom stereocenters. The number of nitrogens with one attached hydrogen (secondary N) is 1. The Labute approximate surface area is 127 Å². The molecule has 1 N–H and O–H groups in total. The Morgan fingerprint density at radius 1 is 1.30 bits per heavy atom. The van der Waals surface area contributed by atoms with Gasteiger partial charge < -0.3 is 5.32 Å². The highest BCUT2D eigenvalue weighted by Crippen LogP contribution is 2.25. The van der Waals surface area contributed by atoms with Crippen LogP contribution >= 0.6 is 11.3 Å². The Morgan fingerprint density at radius 2 is 2.00 bits per heavy atom. The smallest absolute Gasteiger partial charge is 0.252 e. The summed E-state index contributed by atoms with van der Waals surface area (Å²) in [6.07, 6.45) is 0.988. The minimum absolute atomic E-state index is 0.380. The summed E-state index contributed by atoms with van der Waals surface area (Å²) in [4.78, 5) is 1.06. The summed E-state index contributed by atoms with van der Waals surface area (Å²) in [6.45, 7) is 10.8. The minimum atomic E-state index is -3.34. The van der Waals surface area contributed by atoms with Gasteiger partial charge in [-0.25, -0.2) is 8.42 Å². The fourth-order valence-corrected chi connectivity index (χ4v) is 4.89. The van der Waals surface area contributed by atoms with Crippen LogP contribution in [0.2, 0.25) is 0 Å². The zero-order chi connectivity index (χ0) is 15.2. The monoisotopic (exact) mass is 318 g/mol. The molecular formula is C14H26N2O2S2. The van der Waals surface area contributed by atoms with Gasteiger partial charge in [0.15, 0.2) is 0 Å². The Kier molecular flexibility index (Phi) is 7.15. The molecule has 4 nitrogen and oxygen atoms in total. The van der Waals surface area contributed by atoms with E-state index in [1.165, 1.54) is 11.3 Å². The molecule has 1 unspecified atom stereocenters. The molecule has 0 amide bonds. The van der Waals surface area contributed by atoms with E-state index in [0.29, 0.717) is 23.2 Å². The van der Waals surface area contributed by atoms with Gasteiger partial charge in [0.05, 0.1) is 0 Å². The van der Waals surface area contributed by atoms with E-state index in [0.717, 1.165) is 24.4 Å². The van der Waals surface area contributed by atoms with E-state index in [1.807, 2.05) is 19.9 Å². The van der Waals surface area contributed by atoms with Crippen molar-refractivity contribution in [1.29, 1.82) is 0 Å². The van der Waals surface area contributed by atoms with Crippen LogP contribution in [0.25, 0.3) is 0 Å². The van der Waals surface area contributed by atoms with Crippen molar-refractivity contribution in [3.63, 3.8) is 0 Å². The predicted octanol–water partition coefficient (Wildman–Crippen LogP) is 2.91. The van der Waals surface area contributed by atoms with E-state index in [4.69, 9.17) is 0 Å². The first-order chi connectivity index (χ1) is 9.45. The molecule has 0 aliphatic carbocycles. The van der Waals surface area contributed by atoms with Crippen molar-refractivity contribution in [2.75, 3.05) is 19.6 Å². The van der Waals surface area contributed by atoms with Gasteiger partial charge in [-0.2, -0.15) is 4.31 Å². The van der Waals surface area contributed by atoms with E-state index >= 15 is 0 Å². The average Bonchev–Trinajstić information content (AvgIpc) is 2.91. The Bertz CT molecular complexity index is 497. The van der Waals surface area contributed by atoms with Crippen molar-refractivity contribution in [2.24, 2.45) is 5.92 Å². The Morgan fingerprint density at radius 3 is 2.55 bits per heavy atom. The third-order valence-corrected chi connectivity index (χ3v) is 6.84. The fraction of sp³-hybridized carbons (Fsp3) is 0.714. The summed E-state index contributed by atoms with van der Waals surface area (Å²) < 4.78 is 27.3. The largest absolute Gasteiger partial charge is 0.312 e. The van der Waals surface area contributed by atoms with Crippen LogP contribution < -0.4 is 5.32 Å². The number of hydrogen-bond donors (Lipinski definition) is 1. The summed E-state index contributed by atoms with van der Waals surface area (Å²) in [5.41, 5.74) is 0. The molecule has 0 fully saturated rings. The first kappa shape index (κ1) is 17.6. The molecule has 0 saturated heterocycles. The second-order valence-corrected chi connectivity index (χ2v) is 8.30. The van der Waals surface area contributed by atoms with Crippen molar-refractivity contribution in [3.8, 4) is 0 Å². The maximum absolute atomic E-state index is 12.6. The second kappa shape index (κ2) is 8.12. The normalized spacial score (nSPS) is 13.8. The van der Waals surface area contributed by atoms with Gasteiger partial charge in [-0.05, 0) is 24.6 Å². The zero-order valence-corrected chi connectivity index (χ0v) is 14.5. The molecule has 0 aliphatic heterocycles. The van der Waals surface area contributed by atoms with Crippen LogP contribution in [0.15, 0.2) is 16.3 Å². The summed E-state index contributed by atoms with van der Waals surface area (Å²) in [7, 11) is -3.34. The molecule has 0 aliphatic rings. The van der Waals surface area contributed by atoms with Crippen molar-refractivity contribution >= 4 is 21.4 Å². The first-order valence-corrected chi connectivity index (χ1v) is 9.50. The SMILES string of the molecule is CCNCc1ccc(S(=O)(=O)N(CC)CC(C)CC)s1. The van der Waals surface area contributed by atoms with Crippen LogP contribution in [0.5, 0.6) is 0 Å². The first-order valence-electron chi connectivity index (χ1n) is 7.25. The van der Waals surface area contributed by atoms with Crippen molar-refractivity contribution < 1.29 is 8.42 Å². The van der Waals surface area contributed by atoms with Gasteiger partial charge in [0.2, 0.25) is 0 Å². The molecule has 20 heavy (non-hydrogen) atoms. The number of rotatable bonds is 9. The number of sulfonamides is 1. The molecule has 0 aromatic carbocycles.